The van der Waals surface area contributed by atoms with Gasteiger partial charge in [0.1, 0.15) is 0 Å². The fourth-order valence-electron chi connectivity index (χ4n) is 4.93. The molecule has 0 spiro atoms. The minimum Gasteiger partial charge on any atom is -0.358 e. The van der Waals surface area contributed by atoms with Crippen LogP contribution in [-0.4, -0.2) is 30.0 Å². The highest BCUT2D eigenvalue weighted by molar-refractivity contribution is 5.85. The smallest absolute Gasteiger partial charge is 0.0459 e. The maximum absolute atomic E-state index is 3.73. The number of rotatable bonds is 1. The van der Waals surface area contributed by atoms with Gasteiger partial charge in [0.15, 0.2) is 0 Å². The van der Waals surface area contributed by atoms with Crippen LogP contribution in [0.4, 0.5) is 0 Å². The molecule has 1 aliphatic carbocycles. The Balaban J connectivity index is 1.88. The molecule has 0 unspecified atom stereocenters. The Kier molecular flexibility index (Phi) is 3.11. The number of likely N-dealkylation sites (tertiary alicyclic amines) is 1. The van der Waals surface area contributed by atoms with Gasteiger partial charge in [-0.25, -0.2) is 0 Å². The van der Waals surface area contributed by atoms with E-state index in [-0.39, 0.29) is 0 Å². The topological polar surface area (TPSA) is 19.0 Å². The number of aromatic amines is 1. The summed E-state index contributed by atoms with van der Waals surface area (Å²) in [5.74, 6) is 3.12. The van der Waals surface area contributed by atoms with E-state index in [1.165, 1.54) is 42.5 Å². The zero-order valence-electron chi connectivity index (χ0n) is 13.4. The van der Waals surface area contributed by atoms with Gasteiger partial charge in [-0.2, -0.15) is 0 Å². The Morgan fingerprint density at radius 3 is 2.86 bits per heavy atom. The summed E-state index contributed by atoms with van der Waals surface area (Å²) in [6, 6.07) is 8.89. The molecule has 112 valence electrons. The molecule has 0 amide bonds. The number of H-pyrrole nitrogens is 1. The van der Waals surface area contributed by atoms with Crippen molar-refractivity contribution in [3.05, 3.63) is 35.5 Å². The second-order valence-electron chi connectivity index (χ2n) is 7.51. The lowest BCUT2D eigenvalue weighted by Gasteiger charge is -2.46. The first-order chi connectivity index (χ1) is 10.1. The van der Waals surface area contributed by atoms with Crippen molar-refractivity contribution in [2.24, 2.45) is 17.8 Å². The van der Waals surface area contributed by atoms with E-state index in [0.717, 1.165) is 11.8 Å². The first kappa shape index (κ1) is 13.4. The van der Waals surface area contributed by atoms with Crippen molar-refractivity contribution in [1.29, 1.82) is 0 Å². The molecule has 0 bridgehead atoms. The van der Waals surface area contributed by atoms with E-state index in [0.29, 0.717) is 11.8 Å². The van der Waals surface area contributed by atoms with Crippen LogP contribution in [0, 0.1) is 17.8 Å². The minimum atomic E-state index is 0.706. The normalized spacial score (nSPS) is 29.6. The second-order valence-corrected chi connectivity index (χ2v) is 7.51. The summed E-state index contributed by atoms with van der Waals surface area (Å²) in [6.45, 7) is 7.36. The summed E-state index contributed by atoms with van der Waals surface area (Å²) in [5, 5.41) is 1.47. The number of piperidine rings is 1. The van der Waals surface area contributed by atoms with E-state index >= 15 is 0 Å². The summed E-state index contributed by atoms with van der Waals surface area (Å²) in [5.41, 5.74) is 4.50. The molecule has 1 aromatic heterocycles. The number of benzene rings is 1. The molecule has 2 heteroatoms. The van der Waals surface area contributed by atoms with E-state index in [4.69, 9.17) is 0 Å². The van der Waals surface area contributed by atoms with Gasteiger partial charge in [-0.05, 0) is 61.7 Å². The highest BCUT2D eigenvalue weighted by atomic mass is 15.1. The van der Waals surface area contributed by atoms with Crippen molar-refractivity contribution in [3.63, 3.8) is 0 Å². The highest BCUT2D eigenvalue weighted by Gasteiger charge is 2.42. The van der Waals surface area contributed by atoms with E-state index in [1.54, 1.807) is 5.56 Å². The maximum Gasteiger partial charge on any atom is 0.0459 e. The third-order valence-corrected chi connectivity index (χ3v) is 5.82. The van der Waals surface area contributed by atoms with Gasteiger partial charge in [0.2, 0.25) is 0 Å². The molecule has 2 aromatic rings. The number of para-hydroxylation sites is 1. The molecule has 1 aliphatic heterocycles. The predicted molar refractivity (Wildman–Crippen MR) is 88.7 cm³/mol. The standard InChI is InChI=1S/C19H26N2/c1-12(2)18-15-11-21(3)9-8-13(15)10-17-19(18)14-6-4-5-7-16(14)20-17/h4-7,12-13,15,18,20H,8-11H2,1-3H3/t13-,15+,18-/m0/s1. The zero-order chi connectivity index (χ0) is 14.6. The van der Waals surface area contributed by atoms with Crippen molar-refractivity contribution in [3.8, 4) is 0 Å². The Morgan fingerprint density at radius 1 is 1.24 bits per heavy atom. The second kappa shape index (κ2) is 4.88. The lowest BCUT2D eigenvalue weighted by molar-refractivity contribution is 0.0959. The van der Waals surface area contributed by atoms with Crippen LogP contribution in [0.1, 0.15) is 37.4 Å². The van der Waals surface area contributed by atoms with Crippen LogP contribution >= 0.6 is 0 Å². The molecule has 1 aromatic carbocycles. The summed E-state index contributed by atoms with van der Waals surface area (Å²) in [6.07, 6.45) is 2.62. The molecule has 0 radical (unpaired) electrons. The summed E-state index contributed by atoms with van der Waals surface area (Å²) in [7, 11) is 2.29. The Morgan fingerprint density at radius 2 is 2.05 bits per heavy atom. The quantitative estimate of drug-likeness (QED) is 0.836. The Bertz CT molecular complexity index is 655. The van der Waals surface area contributed by atoms with Gasteiger partial charge in [0, 0.05) is 23.1 Å². The number of nitrogens with zero attached hydrogens (tertiary/aromatic N) is 1. The molecule has 1 saturated heterocycles. The summed E-state index contributed by atoms with van der Waals surface area (Å²) >= 11 is 0. The largest absolute Gasteiger partial charge is 0.358 e. The van der Waals surface area contributed by atoms with Crippen molar-refractivity contribution in [2.75, 3.05) is 20.1 Å². The van der Waals surface area contributed by atoms with Gasteiger partial charge in [0.05, 0.1) is 0 Å². The monoisotopic (exact) mass is 282 g/mol. The molecular formula is C19H26N2. The Labute approximate surface area is 127 Å². The average Bonchev–Trinajstić information content (AvgIpc) is 2.82. The molecule has 2 aliphatic rings. The molecule has 2 heterocycles. The van der Waals surface area contributed by atoms with Gasteiger partial charge in [-0.1, -0.05) is 32.0 Å². The first-order valence-electron chi connectivity index (χ1n) is 8.43. The lowest BCUT2D eigenvalue weighted by atomic mass is 9.64. The van der Waals surface area contributed by atoms with Crippen LogP contribution in [0.15, 0.2) is 24.3 Å². The van der Waals surface area contributed by atoms with Crippen LogP contribution in [0.2, 0.25) is 0 Å². The van der Waals surface area contributed by atoms with Gasteiger partial charge in [-0.15, -0.1) is 0 Å². The SMILES string of the molecule is CC(C)[C@@H]1c2c([nH]c3ccccc23)C[C@@H]2CCN(C)C[C@H]21. The van der Waals surface area contributed by atoms with Crippen LogP contribution in [-0.2, 0) is 6.42 Å². The summed E-state index contributed by atoms with van der Waals surface area (Å²) in [4.78, 5) is 6.27. The van der Waals surface area contributed by atoms with E-state index in [2.05, 4.69) is 55.0 Å². The molecule has 0 saturated carbocycles. The number of hydrogen-bond donors (Lipinski definition) is 1. The molecule has 4 rings (SSSR count). The Hall–Kier alpha value is -1.28. The third kappa shape index (κ3) is 2.03. The number of hydrogen-bond acceptors (Lipinski definition) is 1. The molecule has 1 fully saturated rings. The fourth-order valence-corrected chi connectivity index (χ4v) is 4.93. The fraction of sp³-hybridized carbons (Fsp3) is 0.579. The number of aromatic nitrogens is 1. The van der Waals surface area contributed by atoms with Gasteiger partial charge < -0.3 is 9.88 Å². The van der Waals surface area contributed by atoms with Gasteiger partial charge in [-0.3, -0.25) is 0 Å². The molecule has 1 N–H and O–H groups in total. The van der Waals surface area contributed by atoms with Crippen molar-refractivity contribution < 1.29 is 0 Å². The molecule has 3 atom stereocenters. The van der Waals surface area contributed by atoms with Crippen molar-refractivity contribution in [2.45, 2.75) is 32.6 Å². The first-order valence-corrected chi connectivity index (χ1v) is 8.43. The minimum absolute atomic E-state index is 0.706. The van der Waals surface area contributed by atoms with E-state index < -0.39 is 0 Å². The zero-order valence-corrected chi connectivity index (χ0v) is 13.4. The van der Waals surface area contributed by atoms with Crippen LogP contribution in [0.25, 0.3) is 10.9 Å². The lowest BCUT2D eigenvalue weighted by Crippen LogP contribution is -2.45. The van der Waals surface area contributed by atoms with Crippen molar-refractivity contribution in [1.82, 2.24) is 9.88 Å². The predicted octanol–water partition coefficient (Wildman–Crippen LogP) is 4.03. The molecular weight excluding hydrogens is 256 g/mol. The third-order valence-electron chi connectivity index (χ3n) is 5.82. The van der Waals surface area contributed by atoms with Crippen LogP contribution in [0.5, 0.6) is 0 Å². The summed E-state index contributed by atoms with van der Waals surface area (Å²) < 4.78 is 0. The van der Waals surface area contributed by atoms with E-state index in [9.17, 15) is 0 Å². The maximum atomic E-state index is 3.73. The van der Waals surface area contributed by atoms with Crippen molar-refractivity contribution >= 4 is 10.9 Å². The van der Waals surface area contributed by atoms with Gasteiger partial charge >= 0.3 is 0 Å². The number of nitrogens with one attached hydrogen (secondary N) is 1. The van der Waals surface area contributed by atoms with Gasteiger partial charge in [0.25, 0.3) is 0 Å². The average molecular weight is 282 g/mol. The number of fused-ring (bicyclic) bond motifs is 4. The van der Waals surface area contributed by atoms with Crippen LogP contribution in [0.3, 0.4) is 0 Å². The van der Waals surface area contributed by atoms with E-state index in [1.807, 2.05) is 0 Å². The molecule has 21 heavy (non-hydrogen) atoms. The highest BCUT2D eigenvalue weighted by Crippen LogP contribution is 2.49. The van der Waals surface area contributed by atoms with Crippen LogP contribution < -0.4 is 0 Å². The molecule has 2 nitrogen and oxygen atoms in total.